The smallest absolute Gasteiger partial charge is 0.326 e. The summed E-state index contributed by atoms with van der Waals surface area (Å²) < 4.78 is 29.3. The molecule has 1 atom stereocenters. The van der Waals surface area contributed by atoms with Crippen LogP contribution in [0, 0.1) is 6.92 Å². The largest absolute Gasteiger partial charge is 0.480 e. The fourth-order valence-corrected chi connectivity index (χ4v) is 7.25. The van der Waals surface area contributed by atoms with Gasteiger partial charge in [-0.1, -0.05) is 77.8 Å². The molecule has 4 aromatic rings. The summed E-state index contributed by atoms with van der Waals surface area (Å²) in [5.74, 6) is -1.07. The van der Waals surface area contributed by atoms with Crippen molar-refractivity contribution in [2.24, 2.45) is 0 Å². The number of nitrogens with zero attached hydrogens (tertiary/aromatic N) is 1. The number of carbonyl (C=O) groups excluding carboxylic acids is 1. The number of aryl methyl sites for hydroxylation is 1. The van der Waals surface area contributed by atoms with Crippen molar-refractivity contribution in [2.75, 3.05) is 16.3 Å². The lowest BCUT2D eigenvalue weighted by molar-refractivity contribution is -0.139. The number of nitrogens with one attached hydrogen (secondary N) is 1. The first-order valence-corrected chi connectivity index (χ1v) is 16.9. The summed E-state index contributed by atoms with van der Waals surface area (Å²) in [6.45, 7) is 1.82. The lowest BCUT2D eigenvalue weighted by Crippen LogP contribution is -2.41. The number of rotatable bonds is 12. The molecule has 11 heteroatoms. The van der Waals surface area contributed by atoms with Gasteiger partial charge in [0.05, 0.1) is 22.3 Å². The molecule has 0 spiro atoms. The Bertz CT molecular complexity index is 1730. The third-order valence-corrected chi connectivity index (χ3v) is 10.2. The first kappa shape index (κ1) is 32.4. The zero-order chi connectivity index (χ0) is 31.1. The molecule has 224 valence electrons. The predicted molar refractivity (Wildman–Crippen MR) is 175 cm³/mol. The van der Waals surface area contributed by atoms with Crippen LogP contribution in [0.3, 0.4) is 0 Å². The molecule has 4 rings (SSSR count). The second kappa shape index (κ2) is 14.3. The molecule has 0 heterocycles. The molecule has 0 saturated heterocycles. The van der Waals surface area contributed by atoms with Gasteiger partial charge in [0.1, 0.15) is 10.9 Å². The number of hydrogen-bond acceptors (Lipinski definition) is 5. The molecule has 0 aromatic heterocycles. The van der Waals surface area contributed by atoms with E-state index in [0.29, 0.717) is 22.6 Å². The van der Waals surface area contributed by atoms with Crippen molar-refractivity contribution in [1.82, 2.24) is 5.32 Å². The molecular weight excluding hydrogens is 627 g/mol. The Hall–Kier alpha value is -3.50. The van der Waals surface area contributed by atoms with E-state index in [1.54, 1.807) is 48.5 Å². The topological polar surface area (TPSA) is 104 Å². The molecule has 0 aliphatic rings. The van der Waals surface area contributed by atoms with Crippen LogP contribution in [0.2, 0.25) is 10.0 Å². The maximum absolute atomic E-state index is 14.0. The Kier molecular flexibility index (Phi) is 10.8. The van der Waals surface area contributed by atoms with Gasteiger partial charge in [-0.25, -0.2) is 13.2 Å². The molecule has 43 heavy (non-hydrogen) atoms. The average Bonchev–Trinajstić information content (AvgIpc) is 2.99. The van der Waals surface area contributed by atoms with Gasteiger partial charge in [0, 0.05) is 5.56 Å². The highest BCUT2D eigenvalue weighted by Gasteiger charge is 2.29. The van der Waals surface area contributed by atoms with Gasteiger partial charge in [0.25, 0.3) is 15.9 Å². The molecule has 0 radical (unpaired) electrons. The van der Waals surface area contributed by atoms with Gasteiger partial charge in [-0.05, 0) is 84.0 Å². The Morgan fingerprint density at radius 2 is 1.63 bits per heavy atom. The van der Waals surface area contributed by atoms with Crippen molar-refractivity contribution >= 4 is 62.6 Å². The molecule has 0 fully saturated rings. The zero-order valence-corrected chi connectivity index (χ0v) is 26.6. The highest BCUT2D eigenvalue weighted by Crippen LogP contribution is 2.35. The molecule has 7 nitrogen and oxygen atoms in total. The summed E-state index contributed by atoms with van der Waals surface area (Å²) >= 11 is 14.0. The van der Waals surface area contributed by atoms with Crippen molar-refractivity contribution in [3.05, 3.63) is 118 Å². The first-order chi connectivity index (χ1) is 20.5. The van der Waals surface area contributed by atoms with E-state index < -0.39 is 27.9 Å². The Morgan fingerprint density at radius 3 is 2.30 bits per heavy atom. The molecule has 0 bridgehead atoms. The number of carbonyl (C=O) groups is 2. The monoisotopic (exact) mass is 656 g/mol. The Labute approximate surface area is 265 Å². The van der Waals surface area contributed by atoms with Gasteiger partial charge in [0.2, 0.25) is 0 Å². The van der Waals surface area contributed by atoms with Crippen molar-refractivity contribution in [3.63, 3.8) is 0 Å². The van der Waals surface area contributed by atoms with Crippen LogP contribution in [0.5, 0.6) is 0 Å². The molecule has 4 aromatic carbocycles. The van der Waals surface area contributed by atoms with Crippen LogP contribution < -0.4 is 9.62 Å². The third-order valence-electron chi connectivity index (χ3n) is 6.83. The number of carboxylic acids is 1. The minimum Gasteiger partial charge on any atom is -0.480 e. The van der Waals surface area contributed by atoms with E-state index in [1.807, 2.05) is 37.4 Å². The van der Waals surface area contributed by atoms with Crippen LogP contribution in [0.15, 0.2) is 95.9 Å². The maximum atomic E-state index is 14.0. The summed E-state index contributed by atoms with van der Waals surface area (Å²) in [5.41, 5.74) is 3.49. The standard InChI is InChI=1S/C32H30Cl2N2O5S2/c1-21-9-6-7-12-24(21)26-19-22(15-16-25(26)31(37)35-28(32(38)39)17-18-42-2)20-36(23-10-4-3-5-11-23)43(40,41)29-14-8-13-27(33)30(29)34/h3-16,19,28H,17-18,20H2,1-2H3,(H,35,37)(H,38,39)/t28-/m1/s1. The summed E-state index contributed by atoms with van der Waals surface area (Å²) in [5, 5.41) is 12.4. The van der Waals surface area contributed by atoms with E-state index in [9.17, 15) is 23.1 Å². The number of thioether (sulfide) groups is 1. The minimum atomic E-state index is -4.18. The zero-order valence-electron chi connectivity index (χ0n) is 23.5. The summed E-state index contributed by atoms with van der Waals surface area (Å²) in [6, 6.07) is 24.5. The quantitative estimate of drug-likeness (QED) is 0.166. The van der Waals surface area contributed by atoms with Gasteiger partial charge in [0.15, 0.2) is 0 Å². The van der Waals surface area contributed by atoms with Crippen molar-refractivity contribution in [3.8, 4) is 11.1 Å². The second-order valence-corrected chi connectivity index (χ2v) is 13.3. The number of hydrogen-bond donors (Lipinski definition) is 2. The third kappa shape index (κ3) is 7.54. The van der Waals surface area contributed by atoms with Crippen LogP contribution in [0.1, 0.15) is 27.9 Å². The number of benzene rings is 4. The lowest BCUT2D eigenvalue weighted by atomic mass is 9.93. The molecule has 2 N–H and O–H groups in total. The van der Waals surface area contributed by atoms with Crippen molar-refractivity contribution in [2.45, 2.75) is 30.8 Å². The maximum Gasteiger partial charge on any atom is 0.326 e. The SMILES string of the molecule is CSCC[C@@H](NC(=O)c1ccc(CN(c2ccccc2)S(=O)(=O)c2cccc(Cl)c2Cl)cc1-c1ccccc1C)C(=O)O. The van der Waals surface area contributed by atoms with Crippen LogP contribution in [0.4, 0.5) is 5.69 Å². The van der Waals surface area contributed by atoms with Crippen LogP contribution in [0.25, 0.3) is 11.1 Å². The Morgan fingerprint density at radius 1 is 0.930 bits per heavy atom. The number of para-hydroxylation sites is 1. The minimum absolute atomic E-state index is 0.0767. The van der Waals surface area contributed by atoms with E-state index in [2.05, 4.69) is 5.32 Å². The summed E-state index contributed by atoms with van der Waals surface area (Å²) in [4.78, 5) is 25.2. The number of sulfonamides is 1. The van der Waals surface area contributed by atoms with E-state index in [0.717, 1.165) is 11.1 Å². The molecule has 0 unspecified atom stereocenters. The van der Waals surface area contributed by atoms with Crippen LogP contribution in [-0.2, 0) is 21.4 Å². The molecule has 0 aliphatic heterocycles. The van der Waals surface area contributed by atoms with Crippen LogP contribution in [-0.4, -0.2) is 43.5 Å². The van der Waals surface area contributed by atoms with E-state index in [-0.39, 0.29) is 33.5 Å². The molecular formula is C32H30Cl2N2O5S2. The summed E-state index contributed by atoms with van der Waals surface area (Å²) in [7, 11) is -4.18. The molecule has 0 saturated carbocycles. The first-order valence-electron chi connectivity index (χ1n) is 13.3. The van der Waals surface area contributed by atoms with Crippen LogP contribution >= 0.6 is 35.0 Å². The number of aliphatic carboxylic acids is 1. The number of anilines is 1. The number of carboxylic acid groups (broad SMARTS) is 1. The highest BCUT2D eigenvalue weighted by atomic mass is 35.5. The van der Waals surface area contributed by atoms with E-state index >= 15 is 0 Å². The van der Waals surface area contributed by atoms with Gasteiger partial charge < -0.3 is 10.4 Å². The van der Waals surface area contributed by atoms with Gasteiger partial charge in [-0.15, -0.1) is 0 Å². The average molecular weight is 658 g/mol. The normalized spacial score (nSPS) is 12.0. The molecule has 0 aliphatic carbocycles. The van der Waals surface area contributed by atoms with Gasteiger partial charge in [-0.3, -0.25) is 9.10 Å². The Balaban J connectivity index is 1.81. The van der Waals surface area contributed by atoms with E-state index in [4.69, 9.17) is 23.2 Å². The van der Waals surface area contributed by atoms with Gasteiger partial charge >= 0.3 is 5.97 Å². The van der Waals surface area contributed by atoms with Gasteiger partial charge in [-0.2, -0.15) is 11.8 Å². The van der Waals surface area contributed by atoms with Crippen molar-refractivity contribution in [1.29, 1.82) is 0 Å². The fourth-order valence-electron chi connectivity index (χ4n) is 4.59. The van der Waals surface area contributed by atoms with Crippen molar-refractivity contribution < 1.29 is 23.1 Å². The predicted octanol–water partition coefficient (Wildman–Crippen LogP) is 7.30. The van der Waals surface area contributed by atoms with E-state index in [1.165, 1.54) is 34.3 Å². The lowest BCUT2D eigenvalue weighted by Gasteiger charge is -2.26. The number of amides is 1. The highest BCUT2D eigenvalue weighted by molar-refractivity contribution is 7.98. The summed E-state index contributed by atoms with van der Waals surface area (Å²) in [6.07, 6.45) is 2.14. The number of halogens is 2. The molecule has 1 amide bonds. The fraction of sp³-hybridized carbons (Fsp3) is 0.188. The second-order valence-electron chi connectivity index (χ2n) is 9.74.